The number of methoxy groups -OCH3 is 1. The first-order valence-electron chi connectivity index (χ1n) is 7.65. The van der Waals surface area contributed by atoms with E-state index in [0.29, 0.717) is 5.92 Å². The number of anilines is 2. The lowest BCUT2D eigenvalue weighted by Gasteiger charge is -2.36. The summed E-state index contributed by atoms with van der Waals surface area (Å²) in [6.07, 6.45) is 0. The van der Waals surface area contributed by atoms with Gasteiger partial charge in [0, 0.05) is 32.1 Å². The quantitative estimate of drug-likeness (QED) is 0.867. The summed E-state index contributed by atoms with van der Waals surface area (Å²) in [6, 6.07) is 8.20. The molecule has 22 heavy (non-hydrogen) atoms. The van der Waals surface area contributed by atoms with Gasteiger partial charge in [-0.05, 0) is 12.1 Å². The Labute approximate surface area is 135 Å². The van der Waals surface area contributed by atoms with Crippen LogP contribution >= 0.6 is 11.3 Å². The van der Waals surface area contributed by atoms with E-state index in [2.05, 4.69) is 46.0 Å². The molecule has 0 amide bonds. The van der Waals surface area contributed by atoms with Crippen LogP contribution in [0.25, 0.3) is 0 Å². The molecule has 0 N–H and O–H groups in total. The first kappa shape index (κ1) is 15.1. The molecule has 0 saturated carbocycles. The molecule has 1 aromatic heterocycles. The zero-order chi connectivity index (χ0) is 15.5. The Bertz CT molecular complexity index is 620. The number of ether oxygens (including phenoxy) is 1. The second-order valence-electron chi connectivity index (χ2n) is 5.72. The fourth-order valence-electron chi connectivity index (χ4n) is 2.62. The van der Waals surface area contributed by atoms with Crippen molar-refractivity contribution >= 4 is 22.2 Å². The molecule has 1 aromatic carbocycles. The number of piperazine rings is 1. The van der Waals surface area contributed by atoms with Crippen LogP contribution in [0.4, 0.5) is 10.8 Å². The summed E-state index contributed by atoms with van der Waals surface area (Å²) < 4.78 is 5.46. The van der Waals surface area contributed by atoms with Crippen molar-refractivity contribution < 1.29 is 4.74 Å². The van der Waals surface area contributed by atoms with Crippen molar-refractivity contribution in [2.75, 3.05) is 43.1 Å². The number of nitrogens with zero attached hydrogens (tertiary/aromatic N) is 4. The van der Waals surface area contributed by atoms with Crippen molar-refractivity contribution in [3.8, 4) is 5.75 Å². The van der Waals surface area contributed by atoms with Crippen LogP contribution in [0.1, 0.15) is 24.8 Å². The number of rotatable bonds is 4. The van der Waals surface area contributed by atoms with Crippen molar-refractivity contribution in [3.05, 3.63) is 29.3 Å². The van der Waals surface area contributed by atoms with Gasteiger partial charge in [-0.15, -0.1) is 10.2 Å². The molecule has 5 nitrogen and oxygen atoms in total. The van der Waals surface area contributed by atoms with Crippen molar-refractivity contribution in [1.82, 2.24) is 10.2 Å². The molecule has 3 rings (SSSR count). The number of para-hydroxylation sites is 2. The zero-order valence-electron chi connectivity index (χ0n) is 13.3. The maximum atomic E-state index is 5.46. The van der Waals surface area contributed by atoms with Crippen LogP contribution in [0.2, 0.25) is 0 Å². The fraction of sp³-hybridized carbons (Fsp3) is 0.500. The minimum atomic E-state index is 0.445. The molecular formula is C16H22N4OS. The third-order valence-electron chi connectivity index (χ3n) is 3.90. The molecule has 118 valence electrons. The van der Waals surface area contributed by atoms with Crippen LogP contribution in [-0.4, -0.2) is 43.5 Å². The average Bonchev–Trinajstić information content (AvgIpc) is 3.05. The first-order chi connectivity index (χ1) is 10.7. The van der Waals surface area contributed by atoms with Crippen molar-refractivity contribution in [2.24, 2.45) is 0 Å². The molecule has 0 atom stereocenters. The third kappa shape index (κ3) is 3.02. The smallest absolute Gasteiger partial charge is 0.208 e. The van der Waals surface area contributed by atoms with Crippen molar-refractivity contribution in [1.29, 1.82) is 0 Å². The SMILES string of the molecule is COc1ccccc1N1CCN(c2nnc(C(C)C)s2)CC1. The highest BCUT2D eigenvalue weighted by Gasteiger charge is 2.22. The van der Waals surface area contributed by atoms with Gasteiger partial charge in [0.1, 0.15) is 10.8 Å². The van der Waals surface area contributed by atoms with Crippen LogP contribution in [0, 0.1) is 0 Å². The molecule has 1 fully saturated rings. The van der Waals surface area contributed by atoms with Gasteiger partial charge in [-0.1, -0.05) is 37.3 Å². The zero-order valence-corrected chi connectivity index (χ0v) is 14.1. The number of hydrogen-bond donors (Lipinski definition) is 0. The molecule has 1 saturated heterocycles. The maximum absolute atomic E-state index is 5.46. The Kier molecular flexibility index (Phi) is 4.47. The molecule has 0 bridgehead atoms. The summed E-state index contributed by atoms with van der Waals surface area (Å²) >= 11 is 1.71. The van der Waals surface area contributed by atoms with Crippen molar-refractivity contribution in [3.63, 3.8) is 0 Å². The number of aromatic nitrogens is 2. The third-order valence-corrected chi connectivity index (χ3v) is 5.18. The molecule has 1 aliphatic heterocycles. The van der Waals surface area contributed by atoms with Gasteiger partial charge < -0.3 is 14.5 Å². The van der Waals surface area contributed by atoms with E-state index in [4.69, 9.17) is 4.74 Å². The van der Waals surface area contributed by atoms with Gasteiger partial charge in [0.2, 0.25) is 5.13 Å². The summed E-state index contributed by atoms with van der Waals surface area (Å²) in [5.74, 6) is 1.38. The Balaban J connectivity index is 1.67. The predicted molar refractivity (Wildman–Crippen MR) is 91.4 cm³/mol. The summed E-state index contributed by atoms with van der Waals surface area (Å²) in [7, 11) is 1.73. The predicted octanol–water partition coefficient (Wildman–Crippen LogP) is 3.00. The first-order valence-corrected chi connectivity index (χ1v) is 8.47. The van der Waals surface area contributed by atoms with E-state index >= 15 is 0 Å². The standard InChI is InChI=1S/C16H22N4OS/c1-12(2)15-17-18-16(22-15)20-10-8-19(9-11-20)13-6-4-5-7-14(13)21-3/h4-7,12H,8-11H2,1-3H3. The van der Waals surface area contributed by atoms with Crippen molar-refractivity contribution in [2.45, 2.75) is 19.8 Å². The molecule has 0 spiro atoms. The highest BCUT2D eigenvalue weighted by Crippen LogP contribution is 2.30. The van der Waals surface area contributed by atoms with Crippen LogP contribution in [0.5, 0.6) is 5.75 Å². The van der Waals surface area contributed by atoms with E-state index in [9.17, 15) is 0 Å². The summed E-state index contributed by atoms with van der Waals surface area (Å²) in [5, 5.41) is 10.8. The van der Waals surface area contributed by atoms with Gasteiger partial charge >= 0.3 is 0 Å². The lowest BCUT2D eigenvalue weighted by molar-refractivity contribution is 0.413. The van der Waals surface area contributed by atoms with E-state index < -0.39 is 0 Å². The lowest BCUT2D eigenvalue weighted by Crippen LogP contribution is -2.46. The summed E-state index contributed by atoms with van der Waals surface area (Å²) in [4.78, 5) is 4.70. The van der Waals surface area contributed by atoms with Gasteiger partial charge in [0.05, 0.1) is 12.8 Å². The Morgan fingerprint density at radius 2 is 1.73 bits per heavy atom. The van der Waals surface area contributed by atoms with E-state index in [1.807, 2.05) is 12.1 Å². The normalized spacial score (nSPS) is 15.5. The van der Waals surface area contributed by atoms with E-state index in [1.165, 1.54) is 5.69 Å². The van der Waals surface area contributed by atoms with Gasteiger partial charge in [-0.25, -0.2) is 0 Å². The largest absolute Gasteiger partial charge is 0.495 e. The summed E-state index contributed by atoms with van der Waals surface area (Å²) in [5.41, 5.74) is 1.17. The minimum Gasteiger partial charge on any atom is -0.495 e. The van der Waals surface area contributed by atoms with E-state index in [0.717, 1.165) is 42.1 Å². The molecule has 0 unspecified atom stereocenters. The molecule has 2 aromatic rings. The Morgan fingerprint density at radius 3 is 2.36 bits per heavy atom. The van der Waals surface area contributed by atoms with Crippen LogP contribution < -0.4 is 14.5 Å². The van der Waals surface area contributed by atoms with Crippen LogP contribution in [-0.2, 0) is 0 Å². The number of hydrogen-bond acceptors (Lipinski definition) is 6. The molecular weight excluding hydrogens is 296 g/mol. The van der Waals surface area contributed by atoms with Gasteiger partial charge in [0.25, 0.3) is 0 Å². The van der Waals surface area contributed by atoms with Gasteiger partial charge in [0.15, 0.2) is 0 Å². The monoisotopic (exact) mass is 318 g/mol. The lowest BCUT2D eigenvalue weighted by atomic mass is 10.2. The van der Waals surface area contributed by atoms with Gasteiger partial charge in [-0.2, -0.15) is 0 Å². The maximum Gasteiger partial charge on any atom is 0.208 e. The van der Waals surface area contributed by atoms with E-state index in [1.54, 1.807) is 18.4 Å². The Morgan fingerprint density at radius 1 is 1.05 bits per heavy atom. The highest BCUT2D eigenvalue weighted by molar-refractivity contribution is 7.15. The molecule has 1 aliphatic rings. The molecule has 0 aliphatic carbocycles. The molecule has 6 heteroatoms. The fourth-order valence-corrected chi connectivity index (χ4v) is 3.51. The second kappa shape index (κ2) is 6.52. The van der Waals surface area contributed by atoms with Crippen LogP contribution in [0.15, 0.2) is 24.3 Å². The average molecular weight is 318 g/mol. The molecule has 0 radical (unpaired) electrons. The topological polar surface area (TPSA) is 41.5 Å². The molecule has 2 heterocycles. The highest BCUT2D eigenvalue weighted by atomic mass is 32.1. The number of benzene rings is 1. The Hall–Kier alpha value is -1.82. The van der Waals surface area contributed by atoms with Gasteiger partial charge in [-0.3, -0.25) is 0 Å². The second-order valence-corrected chi connectivity index (χ2v) is 6.71. The minimum absolute atomic E-state index is 0.445. The van der Waals surface area contributed by atoms with E-state index in [-0.39, 0.29) is 0 Å². The summed E-state index contributed by atoms with van der Waals surface area (Å²) in [6.45, 7) is 8.18. The van der Waals surface area contributed by atoms with Crippen LogP contribution in [0.3, 0.4) is 0 Å².